The Bertz CT molecular complexity index is 169. The lowest BCUT2D eigenvalue weighted by Crippen LogP contribution is -2.09. The number of rotatable bonds is 2. The molecule has 0 amide bonds. The molecule has 0 aromatic heterocycles. The van der Waals surface area contributed by atoms with Gasteiger partial charge in [0.2, 0.25) is 0 Å². The van der Waals surface area contributed by atoms with E-state index in [2.05, 4.69) is 10.3 Å². The van der Waals surface area contributed by atoms with Gasteiger partial charge in [0.25, 0.3) is 0 Å². The van der Waals surface area contributed by atoms with Gasteiger partial charge in [-0.15, -0.1) is 11.6 Å². The largest absolute Gasteiger partial charge is 0.411 e. The molecule has 0 aliphatic carbocycles. The van der Waals surface area contributed by atoms with Gasteiger partial charge in [-0.1, -0.05) is 10.3 Å². The van der Waals surface area contributed by atoms with Gasteiger partial charge in [-0.25, -0.2) is 0 Å². The average molecular weight is 163 g/mol. The molecule has 0 saturated heterocycles. The summed E-state index contributed by atoms with van der Waals surface area (Å²) in [6, 6.07) is 0. The van der Waals surface area contributed by atoms with E-state index in [-0.39, 0.29) is 6.10 Å². The second-order valence-corrected chi connectivity index (χ2v) is 2.22. The average Bonchev–Trinajstić information content (AvgIpc) is 2.37. The summed E-state index contributed by atoms with van der Waals surface area (Å²) in [5.74, 6) is 0.409. The normalized spacial score (nSPS) is 24.9. The summed E-state index contributed by atoms with van der Waals surface area (Å²) in [6.07, 6.45) is 1.80. The monoisotopic (exact) mass is 162 g/mol. The highest BCUT2D eigenvalue weighted by Crippen LogP contribution is 2.10. The second kappa shape index (κ2) is 3.41. The smallest absolute Gasteiger partial charge is 0.146 e. The lowest BCUT2D eigenvalue weighted by molar-refractivity contribution is 0.102. The maximum absolute atomic E-state index is 8.09. The number of oxime groups is 2. The molecule has 1 heterocycles. The topological polar surface area (TPSA) is 54.2 Å². The fraction of sp³-hybridized carbons (Fsp3) is 0.600. The van der Waals surface area contributed by atoms with Gasteiger partial charge < -0.3 is 10.0 Å². The molecule has 4 nitrogen and oxygen atoms in total. The quantitative estimate of drug-likeness (QED) is 0.283. The van der Waals surface area contributed by atoms with Gasteiger partial charge >= 0.3 is 0 Å². The Kier molecular flexibility index (Phi) is 2.50. The Morgan fingerprint density at radius 2 is 2.80 bits per heavy atom. The van der Waals surface area contributed by atoms with E-state index in [1.165, 1.54) is 6.21 Å². The predicted molar refractivity (Wildman–Crippen MR) is 37.9 cm³/mol. The van der Waals surface area contributed by atoms with Gasteiger partial charge in [0.15, 0.2) is 0 Å². The minimum Gasteiger partial charge on any atom is -0.411 e. The molecule has 1 aliphatic heterocycles. The molecule has 0 fully saturated rings. The summed E-state index contributed by atoms with van der Waals surface area (Å²) < 4.78 is 0. The van der Waals surface area contributed by atoms with Gasteiger partial charge in [0.05, 0.1) is 12.1 Å². The van der Waals surface area contributed by atoms with Crippen molar-refractivity contribution in [2.45, 2.75) is 12.5 Å². The van der Waals surface area contributed by atoms with E-state index in [0.29, 0.717) is 18.0 Å². The van der Waals surface area contributed by atoms with Crippen LogP contribution in [-0.4, -0.2) is 29.1 Å². The molecule has 1 aliphatic rings. The summed E-state index contributed by atoms with van der Waals surface area (Å²) in [5, 5.41) is 14.5. The molecule has 0 radical (unpaired) electrons. The Hall–Kier alpha value is -0.770. The molecule has 0 aromatic rings. The van der Waals surface area contributed by atoms with Gasteiger partial charge in [0, 0.05) is 6.42 Å². The van der Waals surface area contributed by atoms with Crippen molar-refractivity contribution in [3.05, 3.63) is 0 Å². The first-order valence-corrected chi connectivity index (χ1v) is 3.36. The van der Waals surface area contributed by atoms with Crippen molar-refractivity contribution in [1.82, 2.24) is 0 Å². The van der Waals surface area contributed by atoms with Crippen LogP contribution in [0.5, 0.6) is 0 Å². The molecule has 56 valence electrons. The molecule has 0 spiro atoms. The molecule has 5 heteroatoms. The minimum absolute atomic E-state index is 0.0605. The number of alkyl halides is 1. The van der Waals surface area contributed by atoms with Gasteiger partial charge in [-0.2, -0.15) is 0 Å². The highest BCUT2D eigenvalue weighted by atomic mass is 35.5. The van der Waals surface area contributed by atoms with Crippen LogP contribution in [0.3, 0.4) is 0 Å². The van der Waals surface area contributed by atoms with Crippen molar-refractivity contribution >= 4 is 23.5 Å². The first kappa shape index (κ1) is 7.34. The zero-order valence-electron chi connectivity index (χ0n) is 5.20. The lowest BCUT2D eigenvalue weighted by atomic mass is 10.2. The minimum atomic E-state index is -0.0605. The van der Waals surface area contributed by atoms with Crippen LogP contribution < -0.4 is 0 Å². The maximum atomic E-state index is 8.09. The van der Waals surface area contributed by atoms with Crippen molar-refractivity contribution in [2.24, 2.45) is 10.3 Å². The SMILES string of the molecule is O/N=C/C1=NOC(CCl)C1. The van der Waals surface area contributed by atoms with Crippen LogP contribution in [0.2, 0.25) is 0 Å². The third kappa shape index (κ3) is 1.60. The van der Waals surface area contributed by atoms with Crippen molar-refractivity contribution in [1.29, 1.82) is 0 Å². The van der Waals surface area contributed by atoms with E-state index in [9.17, 15) is 0 Å². The summed E-state index contributed by atoms with van der Waals surface area (Å²) in [7, 11) is 0. The molecular weight excluding hydrogens is 156 g/mol. The van der Waals surface area contributed by atoms with E-state index < -0.39 is 0 Å². The number of hydrogen-bond donors (Lipinski definition) is 1. The second-order valence-electron chi connectivity index (χ2n) is 1.91. The maximum Gasteiger partial charge on any atom is 0.146 e. The number of hydrogen-bond acceptors (Lipinski definition) is 4. The van der Waals surface area contributed by atoms with Crippen LogP contribution in [0.25, 0.3) is 0 Å². The molecule has 0 saturated carbocycles. The van der Waals surface area contributed by atoms with E-state index in [0.717, 1.165) is 0 Å². The van der Waals surface area contributed by atoms with Crippen LogP contribution in [0.1, 0.15) is 6.42 Å². The molecule has 0 bridgehead atoms. The highest BCUT2D eigenvalue weighted by molar-refractivity contribution is 6.31. The molecule has 1 rings (SSSR count). The van der Waals surface area contributed by atoms with Crippen LogP contribution in [0.4, 0.5) is 0 Å². The van der Waals surface area contributed by atoms with Crippen LogP contribution in [0.15, 0.2) is 10.3 Å². The molecule has 1 atom stereocenters. The fourth-order valence-electron chi connectivity index (χ4n) is 0.676. The summed E-state index contributed by atoms with van der Waals surface area (Å²) in [4.78, 5) is 4.82. The zero-order chi connectivity index (χ0) is 7.40. The summed E-state index contributed by atoms with van der Waals surface area (Å²) in [5.41, 5.74) is 0.619. The first-order valence-electron chi connectivity index (χ1n) is 2.83. The fourth-order valence-corrected chi connectivity index (χ4v) is 0.841. The highest BCUT2D eigenvalue weighted by Gasteiger charge is 2.18. The van der Waals surface area contributed by atoms with E-state index in [1.807, 2.05) is 0 Å². The lowest BCUT2D eigenvalue weighted by Gasteiger charge is -1.98. The van der Waals surface area contributed by atoms with Crippen LogP contribution >= 0.6 is 11.6 Å². The van der Waals surface area contributed by atoms with E-state index in [1.54, 1.807) is 0 Å². The van der Waals surface area contributed by atoms with Crippen molar-refractivity contribution in [2.75, 3.05) is 5.88 Å². The van der Waals surface area contributed by atoms with E-state index >= 15 is 0 Å². The van der Waals surface area contributed by atoms with Crippen LogP contribution in [-0.2, 0) is 4.84 Å². The molecular formula is C5H7ClN2O2. The molecule has 0 aromatic carbocycles. The molecule has 1 unspecified atom stereocenters. The van der Waals surface area contributed by atoms with Crippen LogP contribution in [0, 0.1) is 0 Å². The third-order valence-corrected chi connectivity index (χ3v) is 1.48. The third-order valence-electron chi connectivity index (χ3n) is 1.13. The molecule has 1 N–H and O–H groups in total. The van der Waals surface area contributed by atoms with Crippen molar-refractivity contribution in [3.8, 4) is 0 Å². The number of nitrogens with zero attached hydrogens (tertiary/aromatic N) is 2. The Morgan fingerprint density at radius 3 is 3.30 bits per heavy atom. The zero-order valence-corrected chi connectivity index (χ0v) is 5.95. The number of halogens is 1. The standard InChI is InChI=1S/C5H7ClN2O2/c6-2-5-1-4(3-7-9)8-10-5/h3,5,9H,1-2H2/b7-3+. The molecule has 10 heavy (non-hydrogen) atoms. The Morgan fingerprint density at radius 1 is 2.00 bits per heavy atom. The van der Waals surface area contributed by atoms with Crippen molar-refractivity contribution in [3.63, 3.8) is 0 Å². The first-order chi connectivity index (χ1) is 4.86. The van der Waals surface area contributed by atoms with Gasteiger partial charge in [-0.3, -0.25) is 0 Å². The summed E-state index contributed by atoms with van der Waals surface area (Å²) in [6.45, 7) is 0. The van der Waals surface area contributed by atoms with Gasteiger partial charge in [-0.05, 0) is 0 Å². The van der Waals surface area contributed by atoms with E-state index in [4.69, 9.17) is 21.6 Å². The van der Waals surface area contributed by atoms with Crippen molar-refractivity contribution < 1.29 is 10.0 Å². The Labute approximate surface area is 63.1 Å². The van der Waals surface area contributed by atoms with Gasteiger partial charge in [0.1, 0.15) is 11.8 Å². The predicted octanol–water partition coefficient (Wildman–Crippen LogP) is 0.830. The summed E-state index contributed by atoms with van der Waals surface area (Å²) >= 11 is 5.47. The Balaban J connectivity index is 2.39.